The van der Waals surface area contributed by atoms with E-state index in [1.54, 1.807) is 55.6 Å². The van der Waals surface area contributed by atoms with Crippen molar-refractivity contribution in [3.05, 3.63) is 95.1 Å². The molecule has 0 heterocycles. The summed E-state index contributed by atoms with van der Waals surface area (Å²) in [6.45, 7) is 2.04. The maximum Gasteiger partial charge on any atom is 0.269 e. The Morgan fingerprint density at radius 3 is 2.23 bits per heavy atom. The van der Waals surface area contributed by atoms with Crippen LogP contribution in [-0.2, 0) is 27.8 Å². The van der Waals surface area contributed by atoms with E-state index in [1.807, 2.05) is 31.2 Å². The summed E-state index contributed by atoms with van der Waals surface area (Å²) < 4.78 is 32.1. The van der Waals surface area contributed by atoms with Gasteiger partial charge in [0, 0.05) is 25.6 Å². The van der Waals surface area contributed by atoms with Crippen LogP contribution in [0.15, 0.2) is 77.7 Å². The lowest BCUT2D eigenvalue weighted by atomic mass is 10.1. The first-order valence-corrected chi connectivity index (χ1v) is 12.5. The summed E-state index contributed by atoms with van der Waals surface area (Å²) in [7, 11) is -0.545. The average Bonchev–Trinajstić information content (AvgIpc) is 2.86. The first kappa shape index (κ1) is 25.9. The summed E-state index contributed by atoms with van der Waals surface area (Å²) in [4.78, 5) is 24.7. The number of hydrogen-bond acceptors (Lipinski definition) is 5. The number of carbonyl (C=O) groups is 2. The molecule has 0 saturated carbocycles. The minimum absolute atomic E-state index is 0.151. The SMILES string of the molecule is COc1ccccc1CCC(=O)NNC(=O)c1ccc(CN(C)S(=O)(=O)c2ccc(C)cc2)cc1. The third-order valence-electron chi connectivity index (χ3n) is 5.48. The lowest BCUT2D eigenvalue weighted by Gasteiger charge is -2.17. The third kappa shape index (κ3) is 6.91. The molecular weight excluding hydrogens is 466 g/mol. The van der Waals surface area contributed by atoms with Gasteiger partial charge >= 0.3 is 0 Å². The lowest BCUT2D eigenvalue weighted by Crippen LogP contribution is -2.41. The van der Waals surface area contributed by atoms with E-state index in [1.165, 1.54) is 11.4 Å². The van der Waals surface area contributed by atoms with Crippen LogP contribution >= 0.6 is 0 Å². The largest absolute Gasteiger partial charge is 0.496 e. The zero-order valence-electron chi connectivity index (χ0n) is 19.9. The minimum Gasteiger partial charge on any atom is -0.496 e. The molecule has 3 aromatic rings. The van der Waals surface area contributed by atoms with Crippen molar-refractivity contribution < 1.29 is 22.7 Å². The molecule has 0 saturated heterocycles. The number of nitrogens with one attached hydrogen (secondary N) is 2. The Labute approximate surface area is 205 Å². The molecule has 2 N–H and O–H groups in total. The second kappa shape index (κ2) is 11.6. The standard InChI is InChI=1S/C26H29N3O5S/c1-19-8-15-23(16-9-19)35(32,33)29(2)18-20-10-12-22(13-11-20)26(31)28-27-25(30)17-14-21-6-4-5-7-24(21)34-3/h4-13,15-16H,14,17-18H2,1-3H3,(H,27,30)(H,28,31). The highest BCUT2D eigenvalue weighted by molar-refractivity contribution is 7.89. The first-order valence-electron chi connectivity index (χ1n) is 11.0. The molecule has 3 aromatic carbocycles. The van der Waals surface area contributed by atoms with Crippen molar-refractivity contribution >= 4 is 21.8 Å². The van der Waals surface area contributed by atoms with Crippen LogP contribution in [0.1, 0.15) is 33.5 Å². The van der Waals surface area contributed by atoms with Crippen LogP contribution in [0, 0.1) is 6.92 Å². The van der Waals surface area contributed by atoms with E-state index in [2.05, 4.69) is 10.9 Å². The highest BCUT2D eigenvalue weighted by Gasteiger charge is 2.20. The Bertz CT molecular complexity index is 1270. The molecule has 3 rings (SSSR count). The van der Waals surface area contributed by atoms with Crippen molar-refractivity contribution in [3.63, 3.8) is 0 Å². The van der Waals surface area contributed by atoms with Gasteiger partial charge in [0.15, 0.2) is 0 Å². The number of hydrogen-bond donors (Lipinski definition) is 2. The number of rotatable bonds is 9. The van der Waals surface area contributed by atoms with Gasteiger partial charge in [-0.1, -0.05) is 48.0 Å². The fourth-order valence-corrected chi connectivity index (χ4v) is 4.57. The Hall–Kier alpha value is -3.69. The number of hydrazine groups is 1. The van der Waals surface area contributed by atoms with Crippen LogP contribution in [-0.4, -0.2) is 38.7 Å². The summed E-state index contributed by atoms with van der Waals surface area (Å²) in [6, 6.07) is 20.6. The Kier molecular flexibility index (Phi) is 8.62. The number of amides is 2. The van der Waals surface area contributed by atoms with Gasteiger partial charge in [-0.25, -0.2) is 8.42 Å². The van der Waals surface area contributed by atoms with Crippen LogP contribution in [0.2, 0.25) is 0 Å². The number of methoxy groups -OCH3 is 1. The van der Waals surface area contributed by atoms with Gasteiger partial charge in [-0.05, 0) is 54.8 Å². The zero-order valence-corrected chi connectivity index (χ0v) is 20.8. The maximum atomic E-state index is 12.8. The maximum absolute atomic E-state index is 12.8. The zero-order chi connectivity index (χ0) is 25.4. The monoisotopic (exact) mass is 495 g/mol. The van der Waals surface area contributed by atoms with E-state index in [4.69, 9.17) is 4.74 Å². The molecule has 0 fully saturated rings. The van der Waals surface area contributed by atoms with Crippen LogP contribution in [0.4, 0.5) is 0 Å². The minimum atomic E-state index is -3.63. The second-order valence-electron chi connectivity index (χ2n) is 8.09. The third-order valence-corrected chi connectivity index (χ3v) is 7.30. The van der Waals surface area contributed by atoms with E-state index in [0.717, 1.165) is 16.7 Å². The number of benzene rings is 3. The van der Waals surface area contributed by atoms with Crippen molar-refractivity contribution in [2.75, 3.05) is 14.2 Å². The molecule has 0 radical (unpaired) electrons. The van der Waals surface area contributed by atoms with Crippen molar-refractivity contribution in [2.24, 2.45) is 0 Å². The Morgan fingerprint density at radius 1 is 0.914 bits per heavy atom. The summed E-state index contributed by atoms with van der Waals surface area (Å²) in [5, 5.41) is 0. The highest BCUT2D eigenvalue weighted by atomic mass is 32.2. The number of para-hydroxylation sites is 1. The smallest absolute Gasteiger partial charge is 0.269 e. The lowest BCUT2D eigenvalue weighted by molar-refractivity contribution is -0.121. The predicted molar refractivity (Wildman–Crippen MR) is 133 cm³/mol. The van der Waals surface area contributed by atoms with E-state index in [-0.39, 0.29) is 23.8 Å². The normalized spacial score (nSPS) is 11.2. The average molecular weight is 496 g/mol. The molecule has 0 unspecified atom stereocenters. The Morgan fingerprint density at radius 2 is 1.57 bits per heavy atom. The second-order valence-corrected chi connectivity index (χ2v) is 10.1. The molecule has 8 nitrogen and oxygen atoms in total. The number of sulfonamides is 1. The van der Waals surface area contributed by atoms with Gasteiger partial charge in [-0.2, -0.15) is 4.31 Å². The summed E-state index contributed by atoms with van der Waals surface area (Å²) in [5.41, 5.74) is 7.75. The summed E-state index contributed by atoms with van der Waals surface area (Å²) in [6.07, 6.45) is 0.654. The molecule has 0 aliphatic rings. The quantitative estimate of drug-likeness (QED) is 0.444. The van der Waals surface area contributed by atoms with E-state index < -0.39 is 15.9 Å². The van der Waals surface area contributed by atoms with Crippen LogP contribution < -0.4 is 15.6 Å². The molecular formula is C26H29N3O5S. The van der Waals surface area contributed by atoms with Crippen LogP contribution in [0.3, 0.4) is 0 Å². The van der Waals surface area contributed by atoms with Gasteiger partial charge in [0.2, 0.25) is 15.9 Å². The first-order chi connectivity index (χ1) is 16.7. The molecule has 0 bridgehead atoms. The van der Waals surface area contributed by atoms with Gasteiger partial charge in [-0.15, -0.1) is 0 Å². The van der Waals surface area contributed by atoms with Gasteiger partial charge < -0.3 is 4.74 Å². The fraction of sp³-hybridized carbons (Fsp3) is 0.231. The van der Waals surface area contributed by atoms with Crippen molar-refractivity contribution in [1.82, 2.24) is 15.2 Å². The van der Waals surface area contributed by atoms with E-state index >= 15 is 0 Å². The van der Waals surface area contributed by atoms with Gasteiger partial charge in [-0.3, -0.25) is 20.4 Å². The predicted octanol–water partition coefficient (Wildman–Crippen LogP) is 3.22. The number of ether oxygens (including phenoxy) is 1. The van der Waals surface area contributed by atoms with Crippen molar-refractivity contribution in [3.8, 4) is 5.75 Å². The molecule has 0 spiro atoms. The molecule has 0 aliphatic carbocycles. The van der Waals surface area contributed by atoms with Crippen molar-refractivity contribution in [1.29, 1.82) is 0 Å². The fourth-order valence-electron chi connectivity index (χ4n) is 3.41. The van der Waals surface area contributed by atoms with Crippen molar-refractivity contribution in [2.45, 2.75) is 31.2 Å². The molecule has 9 heteroatoms. The molecule has 0 aromatic heterocycles. The number of carbonyl (C=O) groups excluding carboxylic acids is 2. The Balaban J connectivity index is 1.51. The highest BCUT2D eigenvalue weighted by Crippen LogP contribution is 2.19. The van der Waals surface area contributed by atoms with Gasteiger partial charge in [0.25, 0.3) is 5.91 Å². The van der Waals surface area contributed by atoms with E-state index in [0.29, 0.717) is 17.7 Å². The number of nitrogens with zero attached hydrogens (tertiary/aromatic N) is 1. The van der Waals surface area contributed by atoms with Crippen LogP contribution in [0.5, 0.6) is 5.75 Å². The summed E-state index contributed by atoms with van der Waals surface area (Å²) >= 11 is 0. The van der Waals surface area contributed by atoms with Gasteiger partial charge in [0.05, 0.1) is 12.0 Å². The topological polar surface area (TPSA) is 105 Å². The van der Waals surface area contributed by atoms with E-state index in [9.17, 15) is 18.0 Å². The molecule has 35 heavy (non-hydrogen) atoms. The van der Waals surface area contributed by atoms with Gasteiger partial charge in [0.1, 0.15) is 5.75 Å². The molecule has 2 amide bonds. The summed E-state index contributed by atoms with van der Waals surface area (Å²) in [5.74, 6) is -0.0895. The molecule has 0 atom stereocenters. The molecule has 184 valence electrons. The number of aryl methyl sites for hydroxylation is 2. The van der Waals surface area contributed by atoms with Crippen LogP contribution in [0.25, 0.3) is 0 Å². The molecule has 0 aliphatic heterocycles.